The zero-order valence-electron chi connectivity index (χ0n) is 24.0. The fourth-order valence-electron chi connectivity index (χ4n) is 6.10. The highest BCUT2D eigenvalue weighted by molar-refractivity contribution is 6.10. The molecular weight excluding hydrogens is 536 g/mol. The molecule has 0 N–H and O–H groups in total. The Bertz CT molecular complexity index is 2200. The highest BCUT2D eigenvalue weighted by Gasteiger charge is 2.18. The van der Waals surface area contributed by atoms with E-state index in [0.717, 1.165) is 45.3 Å². The number of hydrogen-bond donors (Lipinski definition) is 0. The monoisotopic (exact) mass is 564 g/mol. The Balaban J connectivity index is 1.26. The average molecular weight is 565 g/mol. The molecule has 0 aliphatic heterocycles. The molecular formula is C40H28N4. The fraction of sp³-hybridized carbons (Fsp3) is 0. The first-order valence-corrected chi connectivity index (χ1v) is 14.8. The molecule has 0 atom stereocenters. The van der Waals surface area contributed by atoms with E-state index in [1.54, 1.807) is 12.4 Å². The van der Waals surface area contributed by atoms with Crippen molar-refractivity contribution >= 4 is 38.9 Å². The molecule has 0 unspecified atom stereocenters. The second-order valence-corrected chi connectivity index (χ2v) is 10.7. The molecule has 2 aromatic heterocycles. The van der Waals surface area contributed by atoms with Gasteiger partial charge in [-0.2, -0.15) is 0 Å². The van der Waals surface area contributed by atoms with Crippen molar-refractivity contribution in [1.29, 1.82) is 0 Å². The van der Waals surface area contributed by atoms with Crippen LogP contribution in [0.1, 0.15) is 0 Å². The molecule has 0 saturated heterocycles. The zero-order chi connectivity index (χ0) is 29.3. The van der Waals surface area contributed by atoms with Gasteiger partial charge in [0.25, 0.3) is 0 Å². The number of aromatic nitrogens is 3. The summed E-state index contributed by atoms with van der Waals surface area (Å²) in [5.41, 5.74) is 10.6. The third-order valence-electron chi connectivity index (χ3n) is 8.09. The Morgan fingerprint density at radius 2 is 0.932 bits per heavy atom. The van der Waals surface area contributed by atoms with Crippen molar-refractivity contribution in [3.05, 3.63) is 170 Å². The third-order valence-corrected chi connectivity index (χ3v) is 8.09. The lowest BCUT2D eigenvalue weighted by molar-refractivity contribution is 1.18. The number of fused-ring (bicyclic) bond motifs is 3. The molecule has 208 valence electrons. The molecule has 0 spiro atoms. The van der Waals surface area contributed by atoms with Crippen molar-refractivity contribution in [2.45, 2.75) is 0 Å². The zero-order valence-corrected chi connectivity index (χ0v) is 24.0. The lowest BCUT2D eigenvalue weighted by Crippen LogP contribution is -2.09. The van der Waals surface area contributed by atoms with Gasteiger partial charge in [0.1, 0.15) is 0 Å². The molecule has 8 rings (SSSR count). The van der Waals surface area contributed by atoms with Gasteiger partial charge in [0, 0.05) is 57.0 Å². The van der Waals surface area contributed by atoms with Crippen LogP contribution in [0.5, 0.6) is 0 Å². The fourth-order valence-corrected chi connectivity index (χ4v) is 6.10. The molecule has 4 nitrogen and oxygen atoms in total. The molecule has 0 bridgehead atoms. The third kappa shape index (κ3) is 4.50. The molecule has 4 heteroatoms. The van der Waals surface area contributed by atoms with Crippen LogP contribution < -0.4 is 4.90 Å². The lowest BCUT2D eigenvalue weighted by Gasteiger charge is -2.26. The quantitative estimate of drug-likeness (QED) is 0.201. The highest BCUT2D eigenvalue weighted by atomic mass is 15.1. The number of hydrogen-bond acceptors (Lipinski definition) is 3. The van der Waals surface area contributed by atoms with Crippen LogP contribution in [-0.4, -0.2) is 14.5 Å². The molecule has 6 aromatic carbocycles. The summed E-state index contributed by atoms with van der Waals surface area (Å²) >= 11 is 0. The molecule has 0 fully saturated rings. The normalized spacial score (nSPS) is 11.2. The minimum absolute atomic E-state index is 0.867. The summed E-state index contributed by atoms with van der Waals surface area (Å²) in [6.07, 6.45) is 3.51. The van der Waals surface area contributed by atoms with Gasteiger partial charge in [-0.1, -0.05) is 97.1 Å². The molecule has 44 heavy (non-hydrogen) atoms. The maximum atomic E-state index is 4.73. The van der Waals surface area contributed by atoms with Crippen LogP contribution in [-0.2, 0) is 0 Å². The van der Waals surface area contributed by atoms with Crippen molar-refractivity contribution in [2.75, 3.05) is 4.90 Å². The maximum absolute atomic E-state index is 4.73. The Hall–Kier alpha value is -6.00. The van der Waals surface area contributed by atoms with Gasteiger partial charge in [-0.05, 0) is 60.7 Å². The largest absolute Gasteiger partial charge is 0.310 e. The smallest absolute Gasteiger partial charge is 0.0965 e. The van der Waals surface area contributed by atoms with E-state index >= 15 is 0 Å². The Kier molecular flexibility index (Phi) is 6.43. The number of benzene rings is 6. The van der Waals surface area contributed by atoms with Crippen LogP contribution in [0.15, 0.2) is 170 Å². The van der Waals surface area contributed by atoms with Crippen molar-refractivity contribution in [3.63, 3.8) is 0 Å². The first kappa shape index (κ1) is 25.7. The Morgan fingerprint density at radius 1 is 0.409 bits per heavy atom. The first-order chi connectivity index (χ1) is 21.8. The van der Waals surface area contributed by atoms with Gasteiger partial charge in [0.15, 0.2) is 0 Å². The predicted octanol–water partition coefficient (Wildman–Crippen LogP) is 10.4. The number of anilines is 3. The summed E-state index contributed by atoms with van der Waals surface area (Å²) in [6.45, 7) is 0. The minimum Gasteiger partial charge on any atom is -0.310 e. The van der Waals surface area contributed by atoms with Crippen LogP contribution in [0.2, 0.25) is 0 Å². The van der Waals surface area contributed by atoms with E-state index in [4.69, 9.17) is 4.98 Å². The van der Waals surface area contributed by atoms with Gasteiger partial charge in [-0.25, -0.2) is 0 Å². The highest BCUT2D eigenvalue weighted by Crippen LogP contribution is 2.40. The molecule has 0 saturated carbocycles. The maximum Gasteiger partial charge on any atom is 0.0965 e. The molecule has 2 heterocycles. The van der Waals surface area contributed by atoms with Crippen LogP contribution in [0.4, 0.5) is 17.1 Å². The second-order valence-electron chi connectivity index (χ2n) is 10.7. The minimum atomic E-state index is 0.867. The van der Waals surface area contributed by atoms with E-state index in [0.29, 0.717) is 0 Å². The second kappa shape index (κ2) is 11.0. The van der Waals surface area contributed by atoms with Gasteiger partial charge in [-0.3, -0.25) is 9.97 Å². The standard InChI is InChI=1S/C40H28N4/c1-4-12-29(13-5-1)39-40(42-27-26-41-39)30-20-22-33(23-21-30)43(31-14-6-2-7-15-31)34-24-25-38-36(28-34)35-18-10-11-19-37(35)44(38)32-16-8-3-9-17-32/h1-28H. The van der Waals surface area contributed by atoms with Gasteiger partial charge >= 0.3 is 0 Å². The van der Waals surface area contributed by atoms with E-state index in [1.165, 1.54) is 21.8 Å². The van der Waals surface area contributed by atoms with Crippen LogP contribution in [0, 0.1) is 0 Å². The van der Waals surface area contributed by atoms with Gasteiger partial charge < -0.3 is 9.47 Å². The van der Waals surface area contributed by atoms with Crippen LogP contribution in [0.3, 0.4) is 0 Å². The lowest BCUT2D eigenvalue weighted by atomic mass is 10.0. The van der Waals surface area contributed by atoms with Gasteiger partial charge in [0.05, 0.1) is 22.4 Å². The van der Waals surface area contributed by atoms with E-state index in [1.807, 2.05) is 18.2 Å². The average Bonchev–Trinajstić information content (AvgIpc) is 3.44. The molecule has 8 aromatic rings. The summed E-state index contributed by atoms with van der Waals surface area (Å²) in [6, 6.07) is 55.4. The van der Waals surface area contributed by atoms with Crippen LogP contribution in [0.25, 0.3) is 50.0 Å². The Morgan fingerprint density at radius 3 is 1.64 bits per heavy atom. The number of rotatable bonds is 6. The summed E-state index contributed by atoms with van der Waals surface area (Å²) in [5.74, 6) is 0. The van der Waals surface area contributed by atoms with E-state index < -0.39 is 0 Å². The summed E-state index contributed by atoms with van der Waals surface area (Å²) in [4.78, 5) is 11.7. The van der Waals surface area contributed by atoms with Crippen molar-refractivity contribution in [1.82, 2.24) is 14.5 Å². The SMILES string of the molecule is c1ccc(-c2nccnc2-c2ccc(N(c3ccccc3)c3ccc4c(c3)c3ccccc3n4-c3ccccc3)cc2)cc1. The van der Waals surface area contributed by atoms with E-state index in [2.05, 4.69) is 154 Å². The van der Waals surface area contributed by atoms with Gasteiger partial charge in [0.2, 0.25) is 0 Å². The predicted molar refractivity (Wildman–Crippen MR) is 182 cm³/mol. The van der Waals surface area contributed by atoms with Crippen LogP contribution >= 0.6 is 0 Å². The summed E-state index contributed by atoms with van der Waals surface area (Å²) < 4.78 is 2.35. The molecule has 0 amide bonds. The Labute approximate surface area is 256 Å². The summed E-state index contributed by atoms with van der Waals surface area (Å²) in [7, 11) is 0. The van der Waals surface area contributed by atoms with Crippen molar-refractivity contribution in [3.8, 4) is 28.2 Å². The number of para-hydroxylation sites is 3. The molecule has 0 aliphatic carbocycles. The summed E-state index contributed by atoms with van der Waals surface area (Å²) in [5, 5.41) is 2.44. The van der Waals surface area contributed by atoms with Crippen molar-refractivity contribution in [2.24, 2.45) is 0 Å². The topological polar surface area (TPSA) is 34.0 Å². The van der Waals surface area contributed by atoms with E-state index in [-0.39, 0.29) is 0 Å². The first-order valence-electron chi connectivity index (χ1n) is 14.8. The van der Waals surface area contributed by atoms with E-state index in [9.17, 15) is 0 Å². The van der Waals surface area contributed by atoms with Gasteiger partial charge in [-0.15, -0.1) is 0 Å². The molecule has 0 aliphatic rings. The van der Waals surface area contributed by atoms with Crippen molar-refractivity contribution < 1.29 is 0 Å². The molecule has 0 radical (unpaired) electrons. The number of nitrogens with zero attached hydrogens (tertiary/aromatic N) is 4.